The SMILES string of the molecule is CC(C)(C)C1CCCN(C2CCC(=O)C2)CC1. The summed E-state index contributed by atoms with van der Waals surface area (Å²) in [5.41, 5.74) is 0.446. The Morgan fingerprint density at radius 2 is 1.88 bits per heavy atom. The number of hydrogen-bond acceptors (Lipinski definition) is 2. The van der Waals surface area contributed by atoms with E-state index in [9.17, 15) is 4.79 Å². The van der Waals surface area contributed by atoms with E-state index in [1.807, 2.05) is 0 Å². The van der Waals surface area contributed by atoms with Crippen molar-refractivity contribution in [2.24, 2.45) is 11.3 Å². The number of likely N-dealkylation sites (tertiary alicyclic amines) is 1. The summed E-state index contributed by atoms with van der Waals surface area (Å²) in [5.74, 6) is 1.33. The van der Waals surface area contributed by atoms with Crippen molar-refractivity contribution in [2.75, 3.05) is 13.1 Å². The molecule has 2 atom stereocenters. The molecule has 1 aliphatic heterocycles. The summed E-state index contributed by atoms with van der Waals surface area (Å²) in [7, 11) is 0. The highest BCUT2D eigenvalue weighted by atomic mass is 16.1. The van der Waals surface area contributed by atoms with Crippen LogP contribution >= 0.6 is 0 Å². The Balaban J connectivity index is 1.90. The zero-order chi connectivity index (χ0) is 12.5. The molecule has 0 N–H and O–H groups in total. The summed E-state index contributed by atoms with van der Waals surface area (Å²) in [6.07, 6.45) is 6.74. The van der Waals surface area contributed by atoms with E-state index in [0.717, 1.165) is 25.2 Å². The van der Waals surface area contributed by atoms with Crippen molar-refractivity contribution in [3.8, 4) is 0 Å². The normalized spacial score (nSPS) is 32.8. The van der Waals surface area contributed by atoms with Gasteiger partial charge in [0, 0.05) is 18.9 Å². The molecule has 0 amide bonds. The highest BCUT2D eigenvalue weighted by Crippen LogP contribution is 2.35. The molecule has 2 nitrogen and oxygen atoms in total. The zero-order valence-corrected chi connectivity index (χ0v) is 11.7. The fourth-order valence-electron chi connectivity index (χ4n) is 3.46. The van der Waals surface area contributed by atoms with Crippen LogP contribution in [0.4, 0.5) is 0 Å². The second-order valence-electron chi connectivity index (χ2n) is 6.97. The Bertz CT molecular complexity index is 279. The lowest BCUT2D eigenvalue weighted by Crippen LogP contribution is -2.34. The molecule has 0 aromatic rings. The molecule has 1 heterocycles. The van der Waals surface area contributed by atoms with Gasteiger partial charge in [-0.3, -0.25) is 9.69 Å². The monoisotopic (exact) mass is 237 g/mol. The van der Waals surface area contributed by atoms with E-state index in [0.29, 0.717) is 17.2 Å². The second-order valence-corrected chi connectivity index (χ2v) is 6.97. The average Bonchev–Trinajstić information content (AvgIpc) is 2.53. The van der Waals surface area contributed by atoms with Crippen LogP contribution in [0.25, 0.3) is 0 Å². The minimum Gasteiger partial charge on any atom is -0.300 e. The van der Waals surface area contributed by atoms with Crippen LogP contribution in [0.5, 0.6) is 0 Å². The highest BCUT2D eigenvalue weighted by molar-refractivity contribution is 5.81. The van der Waals surface area contributed by atoms with Crippen molar-refractivity contribution in [2.45, 2.75) is 65.3 Å². The Labute approximate surface area is 106 Å². The summed E-state index contributed by atoms with van der Waals surface area (Å²) in [4.78, 5) is 14.0. The van der Waals surface area contributed by atoms with Crippen molar-refractivity contribution in [3.05, 3.63) is 0 Å². The van der Waals surface area contributed by atoms with Crippen LogP contribution in [0.1, 0.15) is 59.3 Å². The number of nitrogens with zero attached hydrogens (tertiary/aromatic N) is 1. The molecule has 2 rings (SSSR count). The quantitative estimate of drug-likeness (QED) is 0.697. The van der Waals surface area contributed by atoms with Gasteiger partial charge in [-0.1, -0.05) is 20.8 Å². The van der Waals surface area contributed by atoms with Gasteiger partial charge in [-0.2, -0.15) is 0 Å². The molecule has 0 radical (unpaired) electrons. The molecule has 1 saturated carbocycles. The van der Waals surface area contributed by atoms with Crippen molar-refractivity contribution >= 4 is 5.78 Å². The van der Waals surface area contributed by atoms with E-state index in [-0.39, 0.29) is 0 Å². The maximum absolute atomic E-state index is 11.4. The van der Waals surface area contributed by atoms with E-state index >= 15 is 0 Å². The van der Waals surface area contributed by atoms with Crippen LogP contribution in [0, 0.1) is 11.3 Å². The van der Waals surface area contributed by atoms with E-state index in [1.165, 1.54) is 32.4 Å². The molecule has 1 aliphatic carbocycles. The molecule has 2 heteroatoms. The highest BCUT2D eigenvalue weighted by Gasteiger charge is 2.32. The fraction of sp³-hybridized carbons (Fsp3) is 0.933. The van der Waals surface area contributed by atoms with Crippen LogP contribution in [0.3, 0.4) is 0 Å². The lowest BCUT2D eigenvalue weighted by Gasteiger charge is -2.30. The van der Waals surface area contributed by atoms with Gasteiger partial charge in [-0.05, 0) is 50.1 Å². The van der Waals surface area contributed by atoms with Gasteiger partial charge in [0.25, 0.3) is 0 Å². The van der Waals surface area contributed by atoms with Crippen LogP contribution in [-0.4, -0.2) is 29.8 Å². The maximum Gasteiger partial charge on any atom is 0.134 e. The molecule has 17 heavy (non-hydrogen) atoms. The van der Waals surface area contributed by atoms with Crippen molar-refractivity contribution < 1.29 is 4.79 Å². The van der Waals surface area contributed by atoms with Gasteiger partial charge >= 0.3 is 0 Å². The predicted molar refractivity (Wildman–Crippen MR) is 71.0 cm³/mol. The Kier molecular flexibility index (Phi) is 3.92. The van der Waals surface area contributed by atoms with Gasteiger partial charge in [0.2, 0.25) is 0 Å². The first-order chi connectivity index (χ1) is 7.97. The zero-order valence-electron chi connectivity index (χ0n) is 11.7. The van der Waals surface area contributed by atoms with Crippen LogP contribution in [0.2, 0.25) is 0 Å². The molecule has 2 aliphatic rings. The van der Waals surface area contributed by atoms with E-state index in [2.05, 4.69) is 25.7 Å². The smallest absolute Gasteiger partial charge is 0.134 e. The minimum absolute atomic E-state index is 0.446. The van der Waals surface area contributed by atoms with Gasteiger partial charge in [-0.15, -0.1) is 0 Å². The summed E-state index contributed by atoms with van der Waals surface area (Å²) in [5, 5.41) is 0. The standard InChI is InChI=1S/C15H27NO/c1-15(2,3)12-5-4-9-16(10-8-12)13-6-7-14(17)11-13/h12-13H,4-11H2,1-3H3. The van der Waals surface area contributed by atoms with Crippen molar-refractivity contribution in [1.82, 2.24) is 4.90 Å². The number of hydrogen-bond donors (Lipinski definition) is 0. The summed E-state index contributed by atoms with van der Waals surface area (Å²) in [6.45, 7) is 9.52. The summed E-state index contributed by atoms with van der Waals surface area (Å²) < 4.78 is 0. The fourth-order valence-corrected chi connectivity index (χ4v) is 3.46. The molecular weight excluding hydrogens is 210 g/mol. The summed E-state index contributed by atoms with van der Waals surface area (Å²) >= 11 is 0. The van der Waals surface area contributed by atoms with Gasteiger partial charge in [0.05, 0.1) is 0 Å². The summed E-state index contributed by atoms with van der Waals surface area (Å²) in [6, 6.07) is 0.571. The molecular formula is C15H27NO. The molecule has 2 fully saturated rings. The molecule has 0 spiro atoms. The van der Waals surface area contributed by atoms with Crippen LogP contribution < -0.4 is 0 Å². The third-order valence-corrected chi connectivity index (χ3v) is 4.72. The average molecular weight is 237 g/mol. The van der Waals surface area contributed by atoms with Crippen molar-refractivity contribution in [3.63, 3.8) is 0 Å². The maximum atomic E-state index is 11.4. The van der Waals surface area contributed by atoms with E-state index in [1.54, 1.807) is 0 Å². The molecule has 1 saturated heterocycles. The first kappa shape index (κ1) is 13.1. The number of carbonyl (C=O) groups excluding carboxylic acids is 1. The topological polar surface area (TPSA) is 20.3 Å². The first-order valence-electron chi connectivity index (χ1n) is 7.22. The third-order valence-electron chi connectivity index (χ3n) is 4.72. The largest absolute Gasteiger partial charge is 0.300 e. The minimum atomic E-state index is 0.446. The number of ketones is 1. The number of carbonyl (C=O) groups is 1. The van der Waals surface area contributed by atoms with Crippen LogP contribution in [0.15, 0.2) is 0 Å². The van der Waals surface area contributed by atoms with Crippen molar-refractivity contribution in [1.29, 1.82) is 0 Å². The van der Waals surface area contributed by atoms with Gasteiger partial charge < -0.3 is 0 Å². The lowest BCUT2D eigenvalue weighted by atomic mass is 9.77. The van der Waals surface area contributed by atoms with Gasteiger partial charge in [0.1, 0.15) is 5.78 Å². The molecule has 0 aromatic carbocycles. The first-order valence-corrected chi connectivity index (χ1v) is 7.22. The van der Waals surface area contributed by atoms with E-state index < -0.39 is 0 Å². The number of Topliss-reactive ketones (excluding diaryl/α,β-unsaturated/α-hetero) is 1. The molecule has 0 bridgehead atoms. The van der Waals surface area contributed by atoms with Crippen LogP contribution in [-0.2, 0) is 4.79 Å². The molecule has 0 aromatic heterocycles. The molecule has 2 unspecified atom stereocenters. The van der Waals surface area contributed by atoms with Gasteiger partial charge in [-0.25, -0.2) is 0 Å². The Morgan fingerprint density at radius 3 is 2.47 bits per heavy atom. The lowest BCUT2D eigenvalue weighted by molar-refractivity contribution is -0.117. The Hall–Kier alpha value is -0.370. The predicted octanol–water partition coefficient (Wildman–Crippen LogP) is 3.26. The molecule has 98 valence electrons. The Morgan fingerprint density at radius 1 is 1.12 bits per heavy atom. The van der Waals surface area contributed by atoms with Gasteiger partial charge in [0.15, 0.2) is 0 Å². The second kappa shape index (κ2) is 5.09. The third kappa shape index (κ3) is 3.31. The van der Waals surface area contributed by atoms with E-state index in [4.69, 9.17) is 0 Å². The number of rotatable bonds is 1.